The van der Waals surface area contributed by atoms with E-state index >= 15 is 0 Å². The summed E-state index contributed by atoms with van der Waals surface area (Å²) in [7, 11) is 0. The maximum absolute atomic E-state index is 13.2. The number of hydrazone groups is 1. The topological polar surface area (TPSA) is 89.1 Å². The molecule has 1 fully saturated rings. The summed E-state index contributed by atoms with van der Waals surface area (Å²) >= 11 is 0. The van der Waals surface area contributed by atoms with Crippen LogP contribution >= 0.6 is 0 Å². The summed E-state index contributed by atoms with van der Waals surface area (Å²) in [6.07, 6.45) is 4.80. The number of fused-ring (bicyclic) bond motifs is 1. The van der Waals surface area contributed by atoms with Gasteiger partial charge in [-0.05, 0) is 68.4 Å². The molecule has 8 heteroatoms. The number of hydrogen-bond acceptors (Lipinski definition) is 4. The second-order valence-electron chi connectivity index (χ2n) is 9.83. The lowest BCUT2D eigenvalue weighted by molar-refractivity contribution is 0.127. The number of nitrogens with zero attached hydrogens (tertiary/aromatic N) is 3. The highest BCUT2D eigenvalue weighted by molar-refractivity contribution is 5.92. The van der Waals surface area contributed by atoms with Crippen molar-refractivity contribution < 1.29 is 9.59 Å². The lowest BCUT2D eigenvalue weighted by Gasteiger charge is -2.40. The molecule has 2 aliphatic rings. The summed E-state index contributed by atoms with van der Waals surface area (Å²) < 4.78 is 0. The van der Waals surface area contributed by atoms with Crippen LogP contribution in [0.1, 0.15) is 50.3 Å². The zero-order valence-electron chi connectivity index (χ0n) is 22.1. The van der Waals surface area contributed by atoms with Gasteiger partial charge >= 0.3 is 12.1 Å². The minimum absolute atomic E-state index is 0.0573. The quantitative estimate of drug-likeness (QED) is 0.257. The predicted molar refractivity (Wildman–Crippen MR) is 150 cm³/mol. The van der Waals surface area contributed by atoms with Crippen molar-refractivity contribution >= 4 is 29.7 Å². The molecule has 1 atom stereocenters. The normalized spacial score (nSPS) is 16.8. The number of anilines is 2. The molecule has 0 aliphatic carbocycles. The number of piperidine rings is 1. The van der Waals surface area contributed by atoms with E-state index in [0.717, 1.165) is 47.3 Å². The van der Waals surface area contributed by atoms with Gasteiger partial charge in [-0.3, -0.25) is 5.43 Å². The van der Waals surface area contributed by atoms with Crippen LogP contribution in [0.5, 0.6) is 0 Å². The molecule has 2 aromatic carbocycles. The van der Waals surface area contributed by atoms with Gasteiger partial charge in [-0.15, -0.1) is 0 Å². The maximum atomic E-state index is 13.2. The highest BCUT2D eigenvalue weighted by atomic mass is 16.2. The smallest absolute Gasteiger partial charge is 0.322 e. The Morgan fingerprint density at radius 2 is 2.00 bits per heavy atom. The van der Waals surface area contributed by atoms with Crippen LogP contribution in [-0.4, -0.2) is 53.2 Å². The summed E-state index contributed by atoms with van der Waals surface area (Å²) in [6.45, 7) is 11.9. The zero-order chi connectivity index (χ0) is 26.4. The van der Waals surface area contributed by atoms with E-state index in [1.165, 1.54) is 5.56 Å². The molecule has 2 heterocycles. The minimum atomic E-state index is -0.160. The molecule has 196 valence electrons. The molecule has 0 radical (unpaired) electrons. The Kier molecular flexibility index (Phi) is 8.48. The van der Waals surface area contributed by atoms with Gasteiger partial charge in [0.05, 0.1) is 11.7 Å². The fraction of sp³-hybridized carbons (Fsp3) is 0.414. The van der Waals surface area contributed by atoms with Crippen LogP contribution in [0.2, 0.25) is 0 Å². The maximum Gasteiger partial charge on any atom is 0.322 e. The Morgan fingerprint density at radius 1 is 1.24 bits per heavy atom. The second kappa shape index (κ2) is 12.0. The first kappa shape index (κ1) is 26.3. The van der Waals surface area contributed by atoms with Crippen molar-refractivity contribution in [2.24, 2.45) is 5.10 Å². The van der Waals surface area contributed by atoms with E-state index < -0.39 is 0 Å². The number of aryl methyl sites for hydroxylation is 1. The van der Waals surface area contributed by atoms with E-state index in [1.807, 2.05) is 47.9 Å². The van der Waals surface area contributed by atoms with Gasteiger partial charge in [0.15, 0.2) is 0 Å². The third-order valence-electron chi connectivity index (χ3n) is 7.25. The highest BCUT2D eigenvalue weighted by Crippen LogP contribution is 2.28. The zero-order valence-corrected chi connectivity index (χ0v) is 22.1. The fourth-order valence-electron chi connectivity index (χ4n) is 5.03. The van der Waals surface area contributed by atoms with Crippen molar-refractivity contribution in [2.75, 3.05) is 23.8 Å². The molecule has 0 aromatic heterocycles. The number of amides is 4. The van der Waals surface area contributed by atoms with Crippen molar-refractivity contribution in [3.8, 4) is 0 Å². The predicted octanol–water partition coefficient (Wildman–Crippen LogP) is 5.38. The van der Waals surface area contributed by atoms with Crippen LogP contribution in [0.3, 0.4) is 0 Å². The lowest BCUT2D eigenvalue weighted by atomic mass is 9.97. The third-order valence-corrected chi connectivity index (χ3v) is 7.25. The first-order valence-corrected chi connectivity index (χ1v) is 13.1. The van der Waals surface area contributed by atoms with Gasteiger partial charge < -0.3 is 20.4 Å². The van der Waals surface area contributed by atoms with E-state index in [4.69, 9.17) is 0 Å². The average molecular weight is 503 g/mol. The van der Waals surface area contributed by atoms with E-state index in [0.29, 0.717) is 26.1 Å². The highest BCUT2D eigenvalue weighted by Gasteiger charge is 2.33. The van der Waals surface area contributed by atoms with Crippen molar-refractivity contribution in [1.82, 2.24) is 15.1 Å². The summed E-state index contributed by atoms with van der Waals surface area (Å²) in [6, 6.07) is 14.0. The number of likely N-dealkylation sites (tertiary alicyclic amines) is 1. The third kappa shape index (κ3) is 6.31. The summed E-state index contributed by atoms with van der Waals surface area (Å²) in [5.74, 6) is 0. The molecule has 0 spiro atoms. The summed E-state index contributed by atoms with van der Waals surface area (Å²) in [4.78, 5) is 29.6. The summed E-state index contributed by atoms with van der Waals surface area (Å²) in [5.41, 5.74) is 9.33. The molecule has 0 saturated carbocycles. The van der Waals surface area contributed by atoms with Crippen molar-refractivity contribution in [1.29, 1.82) is 0 Å². The van der Waals surface area contributed by atoms with Crippen LogP contribution in [0.25, 0.3) is 0 Å². The Hall–Kier alpha value is -3.81. The monoisotopic (exact) mass is 502 g/mol. The first-order valence-electron chi connectivity index (χ1n) is 13.1. The van der Waals surface area contributed by atoms with Crippen LogP contribution in [0.4, 0.5) is 21.0 Å². The number of urea groups is 2. The molecule has 2 aliphatic heterocycles. The van der Waals surface area contributed by atoms with Crippen molar-refractivity contribution in [2.45, 2.75) is 65.1 Å². The van der Waals surface area contributed by atoms with Gasteiger partial charge in [-0.1, -0.05) is 49.4 Å². The molecule has 3 N–H and O–H groups in total. The molecule has 4 amide bonds. The Morgan fingerprint density at radius 3 is 2.70 bits per heavy atom. The molecule has 8 nitrogen and oxygen atoms in total. The van der Waals surface area contributed by atoms with E-state index in [1.54, 1.807) is 6.21 Å². The Balaban J connectivity index is 1.33. The molecule has 1 unspecified atom stereocenters. The van der Waals surface area contributed by atoms with Crippen molar-refractivity contribution in [3.63, 3.8) is 0 Å². The minimum Gasteiger partial charge on any atom is -0.331 e. The second-order valence-corrected chi connectivity index (χ2v) is 9.83. The molecule has 37 heavy (non-hydrogen) atoms. The van der Waals surface area contributed by atoms with Crippen LogP contribution < -0.4 is 16.1 Å². The average Bonchev–Trinajstić information content (AvgIpc) is 2.91. The van der Waals surface area contributed by atoms with Gasteiger partial charge in [-0.2, -0.15) is 5.10 Å². The number of rotatable bonds is 8. The number of carbonyl (C=O) groups is 2. The molecule has 4 rings (SSSR count). The Bertz CT molecular complexity index is 1170. The van der Waals surface area contributed by atoms with Gasteiger partial charge in [0.1, 0.15) is 0 Å². The number of benzene rings is 2. The molecular weight excluding hydrogens is 464 g/mol. The van der Waals surface area contributed by atoms with E-state index in [-0.39, 0.29) is 24.1 Å². The molecule has 0 bridgehead atoms. The SMILES string of the molecule is C=C(C)C(Cc1ccc(N/N=C\C)c(CC)c1)NC(=O)N1CCC(N2Cc3ccccc3NC2=O)CC1. The van der Waals surface area contributed by atoms with Crippen LogP contribution in [-0.2, 0) is 19.4 Å². The fourth-order valence-corrected chi connectivity index (χ4v) is 5.03. The number of hydrogen-bond donors (Lipinski definition) is 3. The van der Waals surface area contributed by atoms with Gasteiger partial charge in [0, 0.05) is 37.6 Å². The Labute approximate surface area is 219 Å². The van der Waals surface area contributed by atoms with Gasteiger partial charge in [-0.25, -0.2) is 9.59 Å². The van der Waals surface area contributed by atoms with Crippen LogP contribution in [0, 0.1) is 0 Å². The largest absolute Gasteiger partial charge is 0.331 e. The van der Waals surface area contributed by atoms with Crippen molar-refractivity contribution in [3.05, 3.63) is 71.3 Å². The lowest BCUT2D eigenvalue weighted by Crippen LogP contribution is -2.53. The standard InChI is InChI=1S/C29H38N6O2/c1-5-22-17-21(11-12-26(22)33-30-6-2)18-27(20(3)4)32-28(36)34-15-13-24(14-16-34)35-19-23-9-7-8-10-25(23)31-29(35)37/h6-12,17,24,27,33H,3,5,13-16,18-19H2,1-2,4H3,(H,31,37)(H,32,36)/b30-6-. The molecule has 2 aromatic rings. The van der Waals surface area contributed by atoms with Gasteiger partial charge in [0.2, 0.25) is 0 Å². The molecule has 1 saturated heterocycles. The van der Waals surface area contributed by atoms with Gasteiger partial charge in [0.25, 0.3) is 0 Å². The van der Waals surface area contributed by atoms with E-state index in [2.05, 4.69) is 52.9 Å². The molecular formula is C29H38N6O2. The summed E-state index contributed by atoms with van der Waals surface area (Å²) in [5, 5.41) is 10.3. The van der Waals surface area contributed by atoms with E-state index in [9.17, 15) is 9.59 Å². The first-order chi connectivity index (χ1) is 17.9. The van der Waals surface area contributed by atoms with Crippen LogP contribution in [0.15, 0.2) is 59.7 Å². The number of para-hydroxylation sites is 1. The number of carbonyl (C=O) groups excluding carboxylic acids is 2. The number of nitrogens with one attached hydrogen (secondary N) is 3.